The number of likely N-dealkylation sites (tertiary alicyclic amines) is 1. The molecule has 0 radical (unpaired) electrons. The Morgan fingerprint density at radius 1 is 1.67 bits per heavy atom. The normalized spacial score (nSPS) is 24.7. The number of aliphatic hydroxyl groups excluding tert-OH is 1. The second-order valence-electron chi connectivity index (χ2n) is 3.35. The molecule has 1 N–H and O–H groups in total. The molecule has 70 valence electrons. The Morgan fingerprint density at radius 3 is 3.00 bits per heavy atom. The summed E-state index contributed by atoms with van der Waals surface area (Å²) in [5.74, 6) is 0.791. The number of hydrogen-bond donors (Lipinski definition) is 1. The van der Waals surface area contributed by atoms with E-state index in [0.29, 0.717) is 12.3 Å². The van der Waals surface area contributed by atoms with Crippen LogP contribution >= 0.6 is 0 Å². The lowest BCUT2D eigenvalue weighted by Crippen LogP contribution is -2.39. The van der Waals surface area contributed by atoms with Gasteiger partial charge in [0.15, 0.2) is 0 Å². The molecule has 0 spiro atoms. The van der Waals surface area contributed by atoms with E-state index in [-0.39, 0.29) is 12.5 Å². The zero-order valence-electron chi connectivity index (χ0n) is 7.62. The number of rotatable bonds is 3. The van der Waals surface area contributed by atoms with Gasteiger partial charge in [0.1, 0.15) is 0 Å². The minimum absolute atomic E-state index is 0.246. The maximum absolute atomic E-state index is 11.2. The highest BCUT2D eigenvalue weighted by Gasteiger charge is 2.23. The van der Waals surface area contributed by atoms with Crippen LogP contribution in [-0.4, -0.2) is 35.6 Å². The zero-order chi connectivity index (χ0) is 8.97. The smallest absolute Gasteiger partial charge is 0.222 e. The molecule has 1 saturated heterocycles. The first-order valence-corrected chi connectivity index (χ1v) is 4.66. The summed E-state index contributed by atoms with van der Waals surface area (Å²) < 4.78 is 0. The number of piperidine rings is 1. The maximum Gasteiger partial charge on any atom is 0.222 e. The lowest BCUT2D eigenvalue weighted by molar-refractivity contribution is -0.134. The molecule has 1 amide bonds. The minimum atomic E-state index is 0.246. The molecule has 1 atom stereocenters. The second-order valence-corrected chi connectivity index (χ2v) is 3.35. The van der Waals surface area contributed by atoms with E-state index in [4.69, 9.17) is 5.11 Å². The van der Waals surface area contributed by atoms with E-state index in [1.165, 1.54) is 0 Å². The van der Waals surface area contributed by atoms with Crippen molar-refractivity contribution < 1.29 is 9.90 Å². The molecule has 1 aliphatic heterocycles. The van der Waals surface area contributed by atoms with E-state index in [1.54, 1.807) is 0 Å². The summed E-state index contributed by atoms with van der Waals surface area (Å²) in [6.07, 6.45) is 2.46. The van der Waals surface area contributed by atoms with Gasteiger partial charge in [-0.05, 0) is 25.7 Å². The van der Waals surface area contributed by atoms with E-state index in [2.05, 4.69) is 0 Å². The Kier molecular flexibility index (Phi) is 3.53. The summed E-state index contributed by atoms with van der Waals surface area (Å²) in [5, 5.41) is 8.74. The van der Waals surface area contributed by atoms with Crippen molar-refractivity contribution in [1.82, 2.24) is 4.90 Å². The van der Waals surface area contributed by atoms with Crippen molar-refractivity contribution in [2.45, 2.75) is 26.2 Å². The van der Waals surface area contributed by atoms with Crippen LogP contribution in [-0.2, 0) is 4.79 Å². The SMILES string of the molecule is CCN1CC(CCO)CCC1=O. The number of carbonyl (C=O) groups is 1. The minimum Gasteiger partial charge on any atom is -0.396 e. The fourth-order valence-electron chi connectivity index (χ4n) is 1.71. The van der Waals surface area contributed by atoms with Crippen LogP contribution in [0.5, 0.6) is 0 Å². The topological polar surface area (TPSA) is 40.5 Å². The van der Waals surface area contributed by atoms with Gasteiger partial charge >= 0.3 is 0 Å². The molecule has 0 saturated carbocycles. The van der Waals surface area contributed by atoms with Crippen LogP contribution in [0.25, 0.3) is 0 Å². The summed E-state index contributed by atoms with van der Waals surface area (Å²) in [4.78, 5) is 13.1. The average Bonchev–Trinajstić information content (AvgIpc) is 2.09. The summed E-state index contributed by atoms with van der Waals surface area (Å²) in [6.45, 7) is 3.90. The third-order valence-corrected chi connectivity index (χ3v) is 2.52. The van der Waals surface area contributed by atoms with Crippen molar-refractivity contribution in [1.29, 1.82) is 0 Å². The summed E-state index contributed by atoms with van der Waals surface area (Å²) in [7, 11) is 0. The largest absolute Gasteiger partial charge is 0.396 e. The zero-order valence-corrected chi connectivity index (χ0v) is 7.62. The average molecular weight is 171 g/mol. The van der Waals surface area contributed by atoms with Gasteiger partial charge in [-0.15, -0.1) is 0 Å². The first-order valence-electron chi connectivity index (χ1n) is 4.66. The van der Waals surface area contributed by atoms with Gasteiger partial charge in [0.05, 0.1) is 0 Å². The predicted molar refractivity (Wildman–Crippen MR) is 46.7 cm³/mol. The molecule has 1 heterocycles. The fourth-order valence-corrected chi connectivity index (χ4v) is 1.71. The van der Waals surface area contributed by atoms with Gasteiger partial charge in [0.25, 0.3) is 0 Å². The number of carbonyl (C=O) groups excluding carboxylic acids is 1. The van der Waals surface area contributed by atoms with Gasteiger partial charge in [-0.3, -0.25) is 4.79 Å². The standard InChI is InChI=1S/C9H17NO2/c1-2-10-7-8(5-6-11)3-4-9(10)12/h8,11H,2-7H2,1H3. The Balaban J connectivity index is 2.38. The van der Waals surface area contributed by atoms with Crippen molar-refractivity contribution in [2.75, 3.05) is 19.7 Å². The van der Waals surface area contributed by atoms with E-state index in [9.17, 15) is 4.79 Å². The van der Waals surface area contributed by atoms with Crippen LogP contribution in [0.1, 0.15) is 26.2 Å². The molecule has 1 rings (SSSR count). The van der Waals surface area contributed by atoms with E-state index in [1.807, 2.05) is 11.8 Å². The summed E-state index contributed by atoms with van der Waals surface area (Å²) >= 11 is 0. The first kappa shape index (κ1) is 9.52. The van der Waals surface area contributed by atoms with Gasteiger partial charge in [0, 0.05) is 26.1 Å². The predicted octanol–water partition coefficient (Wildman–Crippen LogP) is 0.627. The molecule has 3 nitrogen and oxygen atoms in total. The highest BCUT2D eigenvalue weighted by molar-refractivity contribution is 5.76. The monoisotopic (exact) mass is 171 g/mol. The van der Waals surface area contributed by atoms with Crippen molar-refractivity contribution in [3.05, 3.63) is 0 Å². The molecule has 0 aromatic carbocycles. The number of aliphatic hydroxyl groups is 1. The molecule has 1 unspecified atom stereocenters. The molecule has 0 aromatic rings. The lowest BCUT2D eigenvalue weighted by atomic mass is 9.95. The molecule has 1 fully saturated rings. The van der Waals surface area contributed by atoms with Crippen molar-refractivity contribution >= 4 is 5.91 Å². The highest BCUT2D eigenvalue weighted by Crippen LogP contribution is 2.19. The molecular formula is C9H17NO2. The second kappa shape index (κ2) is 4.45. The molecule has 0 bridgehead atoms. The van der Waals surface area contributed by atoms with Crippen LogP contribution in [0.3, 0.4) is 0 Å². The quantitative estimate of drug-likeness (QED) is 0.676. The molecular weight excluding hydrogens is 154 g/mol. The third-order valence-electron chi connectivity index (χ3n) is 2.52. The van der Waals surface area contributed by atoms with E-state index < -0.39 is 0 Å². The van der Waals surface area contributed by atoms with Gasteiger partial charge in [-0.2, -0.15) is 0 Å². The molecule has 0 aliphatic carbocycles. The van der Waals surface area contributed by atoms with E-state index in [0.717, 1.165) is 25.9 Å². The van der Waals surface area contributed by atoms with Gasteiger partial charge < -0.3 is 10.0 Å². The lowest BCUT2D eigenvalue weighted by Gasteiger charge is -2.31. The Bertz CT molecular complexity index is 159. The van der Waals surface area contributed by atoms with Gasteiger partial charge in [-0.1, -0.05) is 0 Å². The number of nitrogens with zero attached hydrogens (tertiary/aromatic N) is 1. The molecule has 0 aromatic heterocycles. The van der Waals surface area contributed by atoms with Crippen LogP contribution < -0.4 is 0 Å². The third kappa shape index (κ3) is 2.21. The first-order chi connectivity index (χ1) is 5.77. The van der Waals surface area contributed by atoms with Crippen LogP contribution in [0, 0.1) is 5.92 Å². The number of amides is 1. The molecule has 3 heteroatoms. The van der Waals surface area contributed by atoms with Crippen molar-refractivity contribution in [3.8, 4) is 0 Å². The van der Waals surface area contributed by atoms with E-state index >= 15 is 0 Å². The van der Waals surface area contributed by atoms with Crippen LogP contribution in [0.2, 0.25) is 0 Å². The van der Waals surface area contributed by atoms with Gasteiger partial charge in [0.2, 0.25) is 5.91 Å². The fraction of sp³-hybridized carbons (Fsp3) is 0.889. The Labute approximate surface area is 73.4 Å². The summed E-state index contributed by atoms with van der Waals surface area (Å²) in [5.41, 5.74) is 0. The highest BCUT2D eigenvalue weighted by atomic mass is 16.3. The maximum atomic E-state index is 11.2. The Morgan fingerprint density at radius 2 is 2.42 bits per heavy atom. The molecule has 1 aliphatic rings. The number of hydrogen-bond acceptors (Lipinski definition) is 2. The van der Waals surface area contributed by atoms with Gasteiger partial charge in [-0.25, -0.2) is 0 Å². The molecule has 12 heavy (non-hydrogen) atoms. The van der Waals surface area contributed by atoms with Crippen molar-refractivity contribution in [2.24, 2.45) is 5.92 Å². The van der Waals surface area contributed by atoms with Crippen LogP contribution in [0.15, 0.2) is 0 Å². The van der Waals surface area contributed by atoms with Crippen LogP contribution in [0.4, 0.5) is 0 Å². The summed E-state index contributed by atoms with van der Waals surface area (Å²) in [6, 6.07) is 0. The Hall–Kier alpha value is -0.570. The van der Waals surface area contributed by atoms with Crippen molar-refractivity contribution in [3.63, 3.8) is 0 Å².